The monoisotopic (exact) mass is 268 g/mol. The summed E-state index contributed by atoms with van der Waals surface area (Å²) in [4.78, 5) is 26.4. The van der Waals surface area contributed by atoms with Gasteiger partial charge in [-0.2, -0.15) is 0 Å². The van der Waals surface area contributed by atoms with Crippen LogP contribution in [0.2, 0.25) is 0 Å². The van der Waals surface area contributed by atoms with Gasteiger partial charge in [0.1, 0.15) is 12.1 Å². The fraction of sp³-hybridized carbons (Fsp3) is 0.857. The molecular weight excluding hydrogens is 244 g/mol. The first-order chi connectivity index (χ1) is 8.93. The van der Waals surface area contributed by atoms with Gasteiger partial charge in [-0.1, -0.05) is 13.8 Å². The molecule has 2 aliphatic rings. The topological polar surface area (TPSA) is 58.6 Å². The van der Waals surface area contributed by atoms with E-state index in [0.29, 0.717) is 12.5 Å². The molecule has 2 heterocycles. The standard InChI is InChI=1S/C14H24N2O3/c1-8(2)12-13(17)15-9(3)14(18)16(12)10(4)11-5-6-19-7-11/h8-12H,5-7H2,1-4H3,(H,15,17). The lowest BCUT2D eigenvalue weighted by atomic mass is 9.91. The van der Waals surface area contributed by atoms with E-state index in [1.807, 2.05) is 20.8 Å². The van der Waals surface area contributed by atoms with E-state index in [4.69, 9.17) is 4.74 Å². The number of hydrogen-bond acceptors (Lipinski definition) is 3. The number of carbonyl (C=O) groups is 2. The van der Waals surface area contributed by atoms with Crippen molar-refractivity contribution in [3.63, 3.8) is 0 Å². The summed E-state index contributed by atoms with van der Waals surface area (Å²) in [5.41, 5.74) is 0. The molecule has 2 amide bonds. The Balaban J connectivity index is 2.24. The van der Waals surface area contributed by atoms with Gasteiger partial charge in [-0.15, -0.1) is 0 Å². The van der Waals surface area contributed by atoms with E-state index in [1.54, 1.807) is 11.8 Å². The zero-order valence-electron chi connectivity index (χ0n) is 12.2. The number of rotatable bonds is 3. The maximum atomic E-state index is 12.5. The van der Waals surface area contributed by atoms with E-state index < -0.39 is 6.04 Å². The Morgan fingerprint density at radius 3 is 2.53 bits per heavy atom. The van der Waals surface area contributed by atoms with Crippen molar-refractivity contribution in [1.29, 1.82) is 0 Å². The normalized spacial score (nSPS) is 33.7. The fourth-order valence-corrected chi connectivity index (χ4v) is 3.09. The van der Waals surface area contributed by atoms with Gasteiger partial charge in [0.2, 0.25) is 11.8 Å². The smallest absolute Gasteiger partial charge is 0.245 e. The Kier molecular flexibility index (Phi) is 4.13. The Morgan fingerprint density at radius 2 is 2.00 bits per heavy atom. The first-order valence-electron chi connectivity index (χ1n) is 7.13. The summed E-state index contributed by atoms with van der Waals surface area (Å²) in [6.45, 7) is 9.20. The lowest BCUT2D eigenvalue weighted by molar-refractivity contribution is -0.154. The molecule has 108 valence electrons. The highest BCUT2D eigenvalue weighted by Gasteiger charge is 2.44. The molecule has 0 aromatic heterocycles. The van der Waals surface area contributed by atoms with Crippen LogP contribution < -0.4 is 5.32 Å². The molecule has 4 atom stereocenters. The number of nitrogens with one attached hydrogen (secondary N) is 1. The number of ether oxygens (including phenoxy) is 1. The lowest BCUT2D eigenvalue weighted by Crippen LogP contribution is -2.66. The van der Waals surface area contributed by atoms with Crippen LogP contribution in [0.4, 0.5) is 0 Å². The van der Waals surface area contributed by atoms with Gasteiger partial charge < -0.3 is 15.0 Å². The molecule has 0 aliphatic carbocycles. The Hall–Kier alpha value is -1.10. The number of carbonyl (C=O) groups excluding carboxylic acids is 2. The van der Waals surface area contributed by atoms with E-state index in [2.05, 4.69) is 5.32 Å². The summed E-state index contributed by atoms with van der Waals surface area (Å²) in [7, 11) is 0. The molecule has 19 heavy (non-hydrogen) atoms. The van der Waals surface area contributed by atoms with Crippen LogP contribution in [-0.2, 0) is 14.3 Å². The first-order valence-corrected chi connectivity index (χ1v) is 7.13. The molecule has 2 rings (SSSR count). The Labute approximate surface area is 114 Å². The summed E-state index contributed by atoms with van der Waals surface area (Å²) in [5.74, 6) is 0.440. The number of amides is 2. The highest BCUT2D eigenvalue weighted by atomic mass is 16.5. The molecule has 2 fully saturated rings. The van der Waals surface area contributed by atoms with Gasteiger partial charge in [0, 0.05) is 18.6 Å². The van der Waals surface area contributed by atoms with Crippen LogP contribution >= 0.6 is 0 Å². The summed E-state index contributed by atoms with van der Waals surface area (Å²) in [5, 5.41) is 2.77. The van der Waals surface area contributed by atoms with Crippen molar-refractivity contribution in [1.82, 2.24) is 10.2 Å². The highest BCUT2D eigenvalue weighted by Crippen LogP contribution is 2.27. The van der Waals surface area contributed by atoms with Crippen LogP contribution in [0.15, 0.2) is 0 Å². The molecule has 0 spiro atoms. The van der Waals surface area contributed by atoms with Crippen molar-refractivity contribution in [2.75, 3.05) is 13.2 Å². The second kappa shape index (κ2) is 5.49. The molecule has 2 aliphatic heterocycles. The highest BCUT2D eigenvalue weighted by molar-refractivity contribution is 5.97. The minimum Gasteiger partial charge on any atom is -0.381 e. The molecule has 5 heteroatoms. The summed E-state index contributed by atoms with van der Waals surface area (Å²) in [6, 6.07) is -0.734. The van der Waals surface area contributed by atoms with Crippen LogP contribution in [0.5, 0.6) is 0 Å². The summed E-state index contributed by atoms with van der Waals surface area (Å²) in [6.07, 6.45) is 0.964. The third kappa shape index (κ3) is 2.61. The SMILES string of the molecule is CC1NC(=O)C(C(C)C)N(C(C)C2CCOC2)C1=O. The van der Waals surface area contributed by atoms with Gasteiger partial charge >= 0.3 is 0 Å². The minimum absolute atomic E-state index is 0.0256. The van der Waals surface area contributed by atoms with Gasteiger partial charge in [-0.05, 0) is 26.2 Å². The zero-order valence-corrected chi connectivity index (χ0v) is 12.2. The van der Waals surface area contributed by atoms with E-state index in [0.717, 1.165) is 13.0 Å². The van der Waals surface area contributed by atoms with Crippen LogP contribution in [-0.4, -0.2) is 48.1 Å². The lowest BCUT2D eigenvalue weighted by Gasteiger charge is -2.44. The van der Waals surface area contributed by atoms with Crippen molar-refractivity contribution >= 4 is 11.8 Å². The predicted molar refractivity (Wildman–Crippen MR) is 71.5 cm³/mol. The first kappa shape index (κ1) is 14.3. The van der Waals surface area contributed by atoms with Gasteiger partial charge in [0.25, 0.3) is 0 Å². The molecule has 0 radical (unpaired) electrons. The quantitative estimate of drug-likeness (QED) is 0.823. The molecule has 0 aromatic carbocycles. The largest absolute Gasteiger partial charge is 0.381 e. The van der Waals surface area contributed by atoms with Gasteiger partial charge in [0.05, 0.1) is 6.61 Å². The van der Waals surface area contributed by atoms with Crippen molar-refractivity contribution < 1.29 is 14.3 Å². The van der Waals surface area contributed by atoms with Gasteiger partial charge in [-0.3, -0.25) is 9.59 Å². The Morgan fingerprint density at radius 1 is 1.32 bits per heavy atom. The van der Waals surface area contributed by atoms with Crippen LogP contribution in [0, 0.1) is 11.8 Å². The molecule has 5 nitrogen and oxygen atoms in total. The fourth-order valence-electron chi connectivity index (χ4n) is 3.09. The maximum Gasteiger partial charge on any atom is 0.245 e. The van der Waals surface area contributed by atoms with E-state index in [-0.39, 0.29) is 29.8 Å². The molecule has 0 bridgehead atoms. The van der Waals surface area contributed by atoms with Crippen LogP contribution in [0.1, 0.15) is 34.1 Å². The second-order valence-electron chi connectivity index (χ2n) is 6.03. The molecule has 4 unspecified atom stereocenters. The maximum absolute atomic E-state index is 12.5. The van der Waals surface area contributed by atoms with Crippen LogP contribution in [0.25, 0.3) is 0 Å². The Bertz CT molecular complexity index is 364. The summed E-state index contributed by atoms with van der Waals surface area (Å²) < 4.78 is 5.42. The number of nitrogens with zero attached hydrogens (tertiary/aromatic N) is 1. The second-order valence-corrected chi connectivity index (χ2v) is 6.03. The molecule has 2 saturated heterocycles. The van der Waals surface area contributed by atoms with Gasteiger partial charge in [0.15, 0.2) is 0 Å². The molecule has 0 aromatic rings. The van der Waals surface area contributed by atoms with Crippen molar-refractivity contribution in [2.24, 2.45) is 11.8 Å². The van der Waals surface area contributed by atoms with E-state index in [1.165, 1.54) is 0 Å². The zero-order chi connectivity index (χ0) is 14.2. The molecule has 0 saturated carbocycles. The predicted octanol–water partition coefficient (Wildman–Crippen LogP) is 0.783. The average Bonchev–Trinajstić information content (AvgIpc) is 2.85. The van der Waals surface area contributed by atoms with Crippen LogP contribution in [0.3, 0.4) is 0 Å². The molecular formula is C14H24N2O3. The van der Waals surface area contributed by atoms with Gasteiger partial charge in [-0.25, -0.2) is 0 Å². The van der Waals surface area contributed by atoms with E-state index in [9.17, 15) is 9.59 Å². The van der Waals surface area contributed by atoms with E-state index >= 15 is 0 Å². The summed E-state index contributed by atoms with van der Waals surface area (Å²) >= 11 is 0. The third-order valence-corrected chi connectivity index (χ3v) is 4.27. The third-order valence-electron chi connectivity index (χ3n) is 4.27. The number of piperazine rings is 1. The average molecular weight is 268 g/mol. The minimum atomic E-state index is -0.424. The van der Waals surface area contributed by atoms with Crippen molar-refractivity contribution in [3.8, 4) is 0 Å². The molecule has 1 N–H and O–H groups in total. The number of hydrogen-bond donors (Lipinski definition) is 1. The van der Waals surface area contributed by atoms with Crippen molar-refractivity contribution in [3.05, 3.63) is 0 Å². The van der Waals surface area contributed by atoms with Crippen molar-refractivity contribution in [2.45, 2.75) is 52.2 Å².